The normalized spacial score (nSPS) is 13.2. The zero-order valence-corrected chi connectivity index (χ0v) is 13.1. The molecule has 0 aliphatic carbocycles. The molecule has 0 saturated carbocycles. The summed E-state index contributed by atoms with van der Waals surface area (Å²) < 4.78 is 14.6. The first-order valence-electron chi connectivity index (χ1n) is 7.73. The standard InChI is InChI=1S/C18H15FN4O/c1-12-20-17(21-23(12)15-8-6-14(19)7-9-15)18(24)22-11-10-13-4-2-3-5-16(13)22/h2-9H,10-11H2,1H3. The Morgan fingerprint density at radius 2 is 1.88 bits per heavy atom. The predicted octanol–water partition coefficient (Wildman–Crippen LogP) is 2.92. The monoisotopic (exact) mass is 322 g/mol. The van der Waals surface area contributed by atoms with E-state index < -0.39 is 0 Å². The van der Waals surface area contributed by atoms with Crippen molar-refractivity contribution in [1.82, 2.24) is 14.8 Å². The summed E-state index contributed by atoms with van der Waals surface area (Å²) in [6.07, 6.45) is 0.833. The lowest BCUT2D eigenvalue weighted by atomic mass is 10.2. The van der Waals surface area contributed by atoms with Gasteiger partial charge in [0.25, 0.3) is 5.91 Å². The fraction of sp³-hybridized carbons (Fsp3) is 0.167. The van der Waals surface area contributed by atoms with Crippen LogP contribution < -0.4 is 4.90 Å². The lowest BCUT2D eigenvalue weighted by Gasteiger charge is -2.14. The van der Waals surface area contributed by atoms with Gasteiger partial charge in [0.1, 0.15) is 11.6 Å². The van der Waals surface area contributed by atoms with Crippen molar-refractivity contribution in [3.63, 3.8) is 0 Å². The second kappa shape index (κ2) is 5.56. The third-order valence-electron chi connectivity index (χ3n) is 4.16. The molecule has 3 aromatic rings. The van der Waals surface area contributed by atoms with Crippen LogP contribution >= 0.6 is 0 Å². The zero-order chi connectivity index (χ0) is 16.7. The van der Waals surface area contributed by atoms with Crippen molar-refractivity contribution in [2.24, 2.45) is 0 Å². The average molecular weight is 322 g/mol. The SMILES string of the molecule is Cc1nc(C(=O)N2CCc3ccccc32)nn1-c1ccc(F)cc1. The first-order chi connectivity index (χ1) is 11.6. The van der Waals surface area contributed by atoms with Gasteiger partial charge >= 0.3 is 0 Å². The molecular weight excluding hydrogens is 307 g/mol. The Hall–Kier alpha value is -3.02. The van der Waals surface area contributed by atoms with Crippen LogP contribution in [-0.4, -0.2) is 27.2 Å². The van der Waals surface area contributed by atoms with Crippen molar-refractivity contribution in [3.8, 4) is 5.69 Å². The second-order valence-electron chi connectivity index (χ2n) is 5.71. The van der Waals surface area contributed by atoms with Gasteiger partial charge in [-0.3, -0.25) is 4.79 Å². The highest BCUT2D eigenvalue weighted by Gasteiger charge is 2.28. The van der Waals surface area contributed by atoms with E-state index in [2.05, 4.69) is 10.1 Å². The molecule has 1 aromatic heterocycles. The highest BCUT2D eigenvalue weighted by molar-refractivity contribution is 6.04. The molecule has 24 heavy (non-hydrogen) atoms. The van der Waals surface area contributed by atoms with Crippen LogP contribution in [0, 0.1) is 12.7 Å². The van der Waals surface area contributed by atoms with Gasteiger partial charge < -0.3 is 4.90 Å². The quantitative estimate of drug-likeness (QED) is 0.729. The molecule has 1 aliphatic rings. The molecule has 0 spiro atoms. The van der Waals surface area contributed by atoms with E-state index in [-0.39, 0.29) is 17.5 Å². The Morgan fingerprint density at radius 3 is 2.67 bits per heavy atom. The molecule has 6 heteroatoms. The van der Waals surface area contributed by atoms with Crippen LogP contribution in [0.4, 0.5) is 10.1 Å². The maximum Gasteiger partial charge on any atom is 0.297 e. The van der Waals surface area contributed by atoms with Crippen LogP contribution in [0.1, 0.15) is 22.0 Å². The van der Waals surface area contributed by atoms with Crippen molar-refractivity contribution >= 4 is 11.6 Å². The Balaban J connectivity index is 1.67. The molecule has 0 unspecified atom stereocenters. The summed E-state index contributed by atoms with van der Waals surface area (Å²) >= 11 is 0. The van der Waals surface area contributed by atoms with Gasteiger partial charge in [0, 0.05) is 12.2 Å². The lowest BCUT2D eigenvalue weighted by molar-refractivity contribution is 0.0979. The molecule has 5 nitrogen and oxygen atoms in total. The Morgan fingerprint density at radius 1 is 1.12 bits per heavy atom. The van der Waals surface area contributed by atoms with Gasteiger partial charge in [-0.1, -0.05) is 18.2 Å². The van der Waals surface area contributed by atoms with Crippen LogP contribution in [0.5, 0.6) is 0 Å². The zero-order valence-electron chi connectivity index (χ0n) is 13.1. The van der Waals surface area contributed by atoms with E-state index in [0.717, 1.165) is 17.7 Å². The van der Waals surface area contributed by atoms with Gasteiger partial charge in [-0.05, 0) is 49.2 Å². The number of anilines is 1. The van der Waals surface area contributed by atoms with E-state index in [1.807, 2.05) is 24.3 Å². The van der Waals surface area contributed by atoms with Crippen LogP contribution in [0.15, 0.2) is 48.5 Å². The molecule has 120 valence electrons. The molecule has 4 rings (SSSR count). The Kier molecular flexibility index (Phi) is 3.37. The maximum absolute atomic E-state index is 13.1. The average Bonchev–Trinajstić information content (AvgIpc) is 3.19. The summed E-state index contributed by atoms with van der Waals surface area (Å²) in [5.41, 5.74) is 2.74. The largest absolute Gasteiger partial charge is 0.305 e. The summed E-state index contributed by atoms with van der Waals surface area (Å²) in [6.45, 7) is 2.40. The molecule has 0 bridgehead atoms. The van der Waals surface area contributed by atoms with Gasteiger partial charge in [0.2, 0.25) is 5.82 Å². The maximum atomic E-state index is 13.1. The molecule has 0 radical (unpaired) electrons. The third-order valence-corrected chi connectivity index (χ3v) is 4.16. The predicted molar refractivity (Wildman–Crippen MR) is 87.9 cm³/mol. The van der Waals surface area contributed by atoms with Crippen molar-refractivity contribution in [1.29, 1.82) is 0 Å². The van der Waals surface area contributed by atoms with Gasteiger partial charge in [0.15, 0.2) is 0 Å². The van der Waals surface area contributed by atoms with Gasteiger partial charge in [-0.25, -0.2) is 14.1 Å². The highest BCUT2D eigenvalue weighted by atomic mass is 19.1. The second-order valence-corrected chi connectivity index (χ2v) is 5.71. The Labute approximate surface area is 138 Å². The summed E-state index contributed by atoms with van der Waals surface area (Å²) in [5.74, 6) is 0.191. The lowest BCUT2D eigenvalue weighted by Crippen LogP contribution is -2.30. The smallest absolute Gasteiger partial charge is 0.297 e. The minimum Gasteiger partial charge on any atom is -0.305 e. The number of rotatable bonds is 2. The van der Waals surface area contributed by atoms with E-state index >= 15 is 0 Å². The summed E-state index contributed by atoms with van der Waals surface area (Å²) in [6, 6.07) is 13.8. The number of carbonyl (C=O) groups is 1. The molecule has 0 fully saturated rings. The number of benzene rings is 2. The Bertz CT molecular complexity index is 917. The molecule has 0 atom stereocenters. The van der Waals surface area contributed by atoms with Gasteiger partial charge in [-0.2, -0.15) is 0 Å². The topological polar surface area (TPSA) is 51.0 Å². The van der Waals surface area contributed by atoms with Crippen molar-refractivity contribution in [2.75, 3.05) is 11.4 Å². The van der Waals surface area contributed by atoms with Crippen LogP contribution in [0.3, 0.4) is 0 Å². The van der Waals surface area contributed by atoms with E-state index in [4.69, 9.17) is 0 Å². The van der Waals surface area contributed by atoms with E-state index in [1.54, 1.807) is 28.6 Å². The minimum atomic E-state index is -0.318. The number of aryl methyl sites for hydroxylation is 1. The number of para-hydroxylation sites is 1. The van der Waals surface area contributed by atoms with Crippen LogP contribution in [-0.2, 0) is 6.42 Å². The highest BCUT2D eigenvalue weighted by Crippen LogP contribution is 2.28. The summed E-state index contributed by atoms with van der Waals surface area (Å²) in [4.78, 5) is 18.8. The van der Waals surface area contributed by atoms with E-state index in [0.29, 0.717) is 18.1 Å². The van der Waals surface area contributed by atoms with Crippen molar-refractivity contribution in [2.45, 2.75) is 13.3 Å². The van der Waals surface area contributed by atoms with Crippen molar-refractivity contribution in [3.05, 3.63) is 71.6 Å². The van der Waals surface area contributed by atoms with Gasteiger partial charge in [0.05, 0.1) is 5.69 Å². The number of nitrogens with zero attached hydrogens (tertiary/aromatic N) is 4. The fourth-order valence-corrected chi connectivity index (χ4v) is 2.98. The van der Waals surface area contributed by atoms with Crippen molar-refractivity contribution < 1.29 is 9.18 Å². The van der Waals surface area contributed by atoms with E-state index in [1.165, 1.54) is 12.1 Å². The molecule has 0 saturated heterocycles. The minimum absolute atomic E-state index is 0.147. The van der Waals surface area contributed by atoms with Gasteiger partial charge in [-0.15, -0.1) is 5.10 Å². The van der Waals surface area contributed by atoms with Crippen LogP contribution in [0.2, 0.25) is 0 Å². The number of fused-ring (bicyclic) bond motifs is 1. The molecule has 2 heterocycles. The number of carbonyl (C=O) groups excluding carboxylic acids is 1. The van der Waals surface area contributed by atoms with E-state index in [9.17, 15) is 9.18 Å². The molecule has 1 amide bonds. The molecular formula is C18H15FN4O. The fourth-order valence-electron chi connectivity index (χ4n) is 2.98. The molecule has 2 aromatic carbocycles. The third kappa shape index (κ3) is 2.36. The summed E-state index contributed by atoms with van der Waals surface area (Å²) in [5, 5.41) is 4.32. The van der Waals surface area contributed by atoms with Crippen LogP contribution in [0.25, 0.3) is 5.69 Å². The molecule has 1 aliphatic heterocycles. The number of halogens is 1. The number of amides is 1. The number of hydrogen-bond donors (Lipinski definition) is 0. The first kappa shape index (κ1) is 14.6. The summed E-state index contributed by atoms with van der Waals surface area (Å²) in [7, 11) is 0. The number of aromatic nitrogens is 3. The first-order valence-corrected chi connectivity index (χ1v) is 7.73. The molecule has 0 N–H and O–H groups in total. The number of hydrogen-bond acceptors (Lipinski definition) is 3.